The smallest absolute Gasteiger partial charge is 0.306 e. The van der Waals surface area contributed by atoms with E-state index in [1.807, 2.05) is 7.05 Å². The molecule has 0 unspecified atom stereocenters. The SMILES string of the molecule is CCCCCCC(CCCCCC)OC(=O)CCCCCCCCC(CCCCCCCCC(=O)OC(CCCCCC)CCCCCC)N(C)CCCNC. The zero-order valence-electron chi connectivity index (χ0n) is 38.9. The number of ether oxygens (including phenoxy) is 2. The fraction of sp³-hybridized carbons (Fsp3) is 0.960. The molecule has 1 N–H and O–H groups in total. The van der Waals surface area contributed by atoms with Gasteiger partial charge in [0.05, 0.1) is 0 Å². The van der Waals surface area contributed by atoms with Crippen molar-refractivity contribution >= 4 is 11.9 Å². The summed E-state index contributed by atoms with van der Waals surface area (Å²) in [7, 11) is 4.38. The number of hydrogen-bond acceptors (Lipinski definition) is 6. The number of carbonyl (C=O) groups excluding carboxylic acids is 2. The maximum absolute atomic E-state index is 12.7. The van der Waals surface area contributed by atoms with Gasteiger partial charge in [0.1, 0.15) is 12.2 Å². The molecule has 0 aromatic rings. The van der Waals surface area contributed by atoms with Crippen molar-refractivity contribution in [2.24, 2.45) is 0 Å². The lowest BCUT2D eigenvalue weighted by atomic mass is 9.98. The lowest BCUT2D eigenvalue weighted by molar-refractivity contribution is -0.151. The van der Waals surface area contributed by atoms with E-state index in [2.05, 4.69) is 45.0 Å². The second kappa shape index (κ2) is 43.4. The van der Waals surface area contributed by atoms with Crippen LogP contribution in [0, 0.1) is 0 Å². The van der Waals surface area contributed by atoms with E-state index in [1.54, 1.807) is 0 Å². The fourth-order valence-corrected chi connectivity index (χ4v) is 8.19. The zero-order chi connectivity index (χ0) is 41.2. The molecule has 0 aromatic carbocycles. The van der Waals surface area contributed by atoms with Gasteiger partial charge in [-0.25, -0.2) is 0 Å². The van der Waals surface area contributed by atoms with Gasteiger partial charge >= 0.3 is 11.9 Å². The summed E-state index contributed by atoms with van der Waals surface area (Å²) in [4.78, 5) is 28.0. The molecule has 0 aliphatic heterocycles. The highest BCUT2D eigenvalue weighted by atomic mass is 16.5. The third-order valence-corrected chi connectivity index (χ3v) is 12.0. The van der Waals surface area contributed by atoms with Crippen molar-refractivity contribution < 1.29 is 19.1 Å². The Kier molecular flexibility index (Phi) is 42.6. The Morgan fingerprint density at radius 1 is 0.429 bits per heavy atom. The van der Waals surface area contributed by atoms with Gasteiger partial charge in [-0.15, -0.1) is 0 Å². The molecular weight excluding hydrogens is 693 g/mol. The molecule has 6 nitrogen and oxygen atoms in total. The van der Waals surface area contributed by atoms with Crippen LogP contribution < -0.4 is 5.32 Å². The second-order valence-corrected chi connectivity index (χ2v) is 17.5. The largest absolute Gasteiger partial charge is 0.462 e. The van der Waals surface area contributed by atoms with Crippen molar-refractivity contribution in [3.8, 4) is 0 Å². The number of carbonyl (C=O) groups is 2. The molecule has 0 fully saturated rings. The first-order valence-corrected chi connectivity index (χ1v) is 25.1. The predicted octanol–water partition coefficient (Wildman–Crippen LogP) is 14.8. The summed E-state index contributed by atoms with van der Waals surface area (Å²) >= 11 is 0. The molecule has 0 bridgehead atoms. The van der Waals surface area contributed by atoms with Crippen LogP contribution in [0.4, 0.5) is 0 Å². The minimum Gasteiger partial charge on any atom is -0.462 e. The van der Waals surface area contributed by atoms with Gasteiger partial charge in [-0.2, -0.15) is 0 Å². The highest BCUT2D eigenvalue weighted by Gasteiger charge is 2.17. The first-order valence-electron chi connectivity index (χ1n) is 25.1. The van der Waals surface area contributed by atoms with Crippen molar-refractivity contribution in [2.45, 2.75) is 284 Å². The van der Waals surface area contributed by atoms with E-state index in [1.165, 1.54) is 173 Å². The topological polar surface area (TPSA) is 67.9 Å². The summed E-state index contributed by atoms with van der Waals surface area (Å²) in [5, 5.41) is 3.31. The first kappa shape index (κ1) is 54.9. The predicted molar refractivity (Wildman–Crippen MR) is 244 cm³/mol. The molecule has 0 rings (SSSR count). The lowest BCUT2D eigenvalue weighted by Gasteiger charge is -2.28. The summed E-state index contributed by atoms with van der Waals surface area (Å²) in [6, 6.07) is 0.671. The summed E-state index contributed by atoms with van der Waals surface area (Å²) in [6.45, 7) is 11.2. The summed E-state index contributed by atoms with van der Waals surface area (Å²) < 4.78 is 12.0. The van der Waals surface area contributed by atoms with Gasteiger partial charge in [-0.05, 0) is 111 Å². The van der Waals surface area contributed by atoms with Gasteiger partial charge < -0.3 is 19.7 Å². The van der Waals surface area contributed by atoms with Crippen molar-refractivity contribution in [1.29, 1.82) is 0 Å². The van der Waals surface area contributed by atoms with Crippen LogP contribution in [0.3, 0.4) is 0 Å². The van der Waals surface area contributed by atoms with Crippen LogP contribution in [0.15, 0.2) is 0 Å². The molecule has 6 heteroatoms. The van der Waals surface area contributed by atoms with Crippen LogP contribution in [-0.2, 0) is 19.1 Å². The Morgan fingerprint density at radius 2 is 0.732 bits per heavy atom. The van der Waals surface area contributed by atoms with Gasteiger partial charge in [-0.3, -0.25) is 9.59 Å². The standard InChI is InChI=1S/C50H100N2O4/c1-7-11-15-29-38-47(39-30-16-12-8-2)55-49(53)42-33-25-21-19-23-27-36-46(52(6)45-35-44-51-5)37-28-24-20-22-26-34-43-50(54)56-48(40-31-17-13-9-3)41-32-18-14-10-4/h46-48,51H,7-45H2,1-6H3. The van der Waals surface area contributed by atoms with Crippen LogP contribution in [0.25, 0.3) is 0 Å². The average molecular weight is 793 g/mol. The third-order valence-electron chi connectivity index (χ3n) is 12.0. The molecule has 0 atom stereocenters. The van der Waals surface area contributed by atoms with Crippen molar-refractivity contribution in [3.05, 3.63) is 0 Å². The molecule has 0 heterocycles. The van der Waals surface area contributed by atoms with E-state index in [0.29, 0.717) is 18.9 Å². The maximum Gasteiger partial charge on any atom is 0.306 e. The van der Waals surface area contributed by atoms with Crippen molar-refractivity contribution in [2.75, 3.05) is 27.2 Å². The molecule has 0 saturated carbocycles. The number of nitrogens with zero attached hydrogens (tertiary/aromatic N) is 1. The number of esters is 2. The van der Waals surface area contributed by atoms with E-state index in [4.69, 9.17) is 9.47 Å². The number of nitrogens with one attached hydrogen (secondary N) is 1. The number of hydrogen-bond donors (Lipinski definition) is 1. The Balaban J connectivity index is 4.33. The minimum atomic E-state index is 0.0372. The van der Waals surface area contributed by atoms with Gasteiger partial charge in [0.25, 0.3) is 0 Å². The monoisotopic (exact) mass is 793 g/mol. The van der Waals surface area contributed by atoms with E-state index < -0.39 is 0 Å². The van der Waals surface area contributed by atoms with Crippen molar-refractivity contribution in [3.63, 3.8) is 0 Å². The van der Waals surface area contributed by atoms with E-state index >= 15 is 0 Å². The van der Waals surface area contributed by atoms with Gasteiger partial charge in [0, 0.05) is 18.9 Å². The van der Waals surface area contributed by atoms with E-state index in [0.717, 1.165) is 64.5 Å². The molecule has 0 saturated heterocycles. The van der Waals surface area contributed by atoms with Crippen LogP contribution >= 0.6 is 0 Å². The fourth-order valence-electron chi connectivity index (χ4n) is 8.19. The minimum absolute atomic E-state index is 0.0372. The van der Waals surface area contributed by atoms with Crippen LogP contribution in [0.2, 0.25) is 0 Å². The highest BCUT2D eigenvalue weighted by Crippen LogP contribution is 2.21. The first-order chi connectivity index (χ1) is 27.4. The van der Waals surface area contributed by atoms with Crippen molar-refractivity contribution in [1.82, 2.24) is 10.2 Å². The highest BCUT2D eigenvalue weighted by molar-refractivity contribution is 5.69. The average Bonchev–Trinajstić information content (AvgIpc) is 3.19. The van der Waals surface area contributed by atoms with Crippen LogP contribution in [-0.4, -0.2) is 62.3 Å². The summed E-state index contributed by atoms with van der Waals surface area (Å²) in [5.41, 5.74) is 0. The molecule has 0 radical (unpaired) electrons. The van der Waals surface area contributed by atoms with Crippen LogP contribution in [0.1, 0.15) is 265 Å². The summed E-state index contributed by atoms with van der Waals surface area (Å²) in [6.07, 6.45) is 43.7. The quantitative estimate of drug-likeness (QED) is 0.0489. The molecule has 0 aliphatic carbocycles. The number of unbranched alkanes of at least 4 members (excludes halogenated alkanes) is 22. The normalized spacial score (nSPS) is 11.8. The van der Waals surface area contributed by atoms with Crippen LogP contribution in [0.5, 0.6) is 0 Å². The molecule has 0 amide bonds. The Morgan fingerprint density at radius 3 is 1.07 bits per heavy atom. The van der Waals surface area contributed by atoms with Gasteiger partial charge in [0.2, 0.25) is 0 Å². The van der Waals surface area contributed by atoms with E-state index in [9.17, 15) is 9.59 Å². The summed E-state index contributed by atoms with van der Waals surface area (Å²) in [5.74, 6) is 0.0743. The second-order valence-electron chi connectivity index (χ2n) is 17.5. The Bertz CT molecular complexity index is 741. The van der Waals surface area contributed by atoms with Gasteiger partial charge in [-0.1, -0.05) is 169 Å². The van der Waals surface area contributed by atoms with Gasteiger partial charge in [0.15, 0.2) is 0 Å². The molecule has 56 heavy (non-hydrogen) atoms. The van der Waals surface area contributed by atoms with E-state index in [-0.39, 0.29) is 24.1 Å². The third kappa shape index (κ3) is 37.2. The maximum atomic E-state index is 12.7. The molecule has 334 valence electrons. The molecule has 0 aliphatic rings. The molecular formula is C50H100N2O4. The molecule has 0 spiro atoms. The Labute approximate surface area is 350 Å². The molecule has 0 aromatic heterocycles. The zero-order valence-corrected chi connectivity index (χ0v) is 38.9. The Hall–Kier alpha value is -1.14. The number of rotatable bonds is 45. The lowest BCUT2D eigenvalue weighted by Crippen LogP contribution is -2.33.